The fourth-order valence-corrected chi connectivity index (χ4v) is 3.98. The van der Waals surface area contributed by atoms with E-state index in [4.69, 9.17) is 0 Å². The summed E-state index contributed by atoms with van der Waals surface area (Å²) in [6.07, 6.45) is 3.05. The standard InChI is InChI=1S/C17H16BrNO2/c18-17-14(9-8-13-5-1-2-7-16(13)17)10-12-4-3-6-15(11-12)19(20)21/h1-7,11,14,17H,8-10H2. The first-order valence-electron chi connectivity index (χ1n) is 7.10. The molecule has 0 saturated heterocycles. The lowest BCUT2D eigenvalue weighted by Gasteiger charge is -2.30. The normalized spacial score (nSPS) is 20.8. The van der Waals surface area contributed by atoms with Crippen LogP contribution in [0.2, 0.25) is 0 Å². The fourth-order valence-electron chi connectivity index (χ4n) is 3.08. The molecule has 2 atom stereocenters. The van der Waals surface area contributed by atoms with Crippen LogP contribution in [0.25, 0.3) is 0 Å². The molecule has 2 unspecified atom stereocenters. The number of hydrogen-bond acceptors (Lipinski definition) is 2. The lowest BCUT2D eigenvalue weighted by atomic mass is 9.81. The minimum absolute atomic E-state index is 0.176. The maximum Gasteiger partial charge on any atom is 0.269 e. The Balaban J connectivity index is 1.80. The van der Waals surface area contributed by atoms with Crippen molar-refractivity contribution in [3.8, 4) is 0 Å². The van der Waals surface area contributed by atoms with Crippen molar-refractivity contribution >= 4 is 21.6 Å². The van der Waals surface area contributed by atoms with Gasteiger partial charge in [-0.15, -0.1) is 0 Å². The molecule has 0 heterocycles. The van der Waals surface area contributed by atoms with Gasteiger partial charge in [-0.2, -0.15) is 0 Å². The maximum atomic E-state index is 10.9. The third-order valence-corrected chi connectivity index (χ3v) is 5.41. The number of halogens is 1. The smallest absolute Gasteiger partial charge is 0.258 e. The molecule has 2 aromatic carbocycles. The van der Waals surface area contributed by atoms with Crippen molar-refractivity contribution in [2.24, 2.45) is 5.92 Å². The number of nitro groups is 1. The SMILES string of the molecule is O=[N+]([O-])c1cccc(CC2CCc3ccccc3C2Br)c1. The number of hydrogen-bond donors (Lipinski definition) is 0. The molecule has 0 spiro atoms. The highest BCUT2D eigenvalue weighted by molar-refractivity contribution is 9.09. The van der Waals surface area contributed by atoms with E-state index >= 15 is 0 Å². The summed E-state index contributed by atoms with van der Waals surface area (Å²) < 4.78 is 0. The van der Waals surface area contributed by atoms with Crippen LogP contribution in [0.4, 0.5) is 5.69 Å². The van der Waals surface area contributed by atoms with E-state index in [0.717, 1.165) is 24.8 Å². The monoisotopic (exact) mass is 345 g/mol. The molecular formula is C17H16BrNO2. The molecule has 0 saturated carbocycles. The van der Waals surface area contributed by atoms with Crippen molar-refractivity contribution in [1.29, 1.82) is 0 Å². The van der Waals surface area contributed by atoms with Crippen molar-refractivity contribution < 1.29 is 4.92 Å². The molecule has 108 valence electrons. The highest BCUT2D eigenvalue weighted by Crippen LogP contribution is 2.42. The lowest BCUT2D eigenvalue weighted by molar-refractivity contribution is -0.384. The number of nitrogens with zero attached hydrogens (tertiary/aromatic N) is 1. The van der Waals surface area contributed by atoms with Gasteiger partial charge in [-0.1, -0.05) is 52.3 Å². The van der Waals surface area contributed by atoms with Crippen LogP contribution in [-0.4, -0.2) is 4.92 Å². The highest BCUT2D eigenvalue weighted by atomic mass is 79.9. The molecule has 1 aliphatic carbocycles. The first kappa shape index (κ1) is 14.3. The fraction of sp³-hybridized carbons (Fsp3) is 0.294. The van der Waals surface area contributed by atoms with Crippen LogP contribution in [0, 0.1) is 16.0 Å². The van der Waals surface area contributed by atoms with Gasteiger partial charge in [0.15, 0.2) is 0 Å². The molecule has 0 fully saturated rings. The largest absolute Gasteiger partial charge is 0.269 e. The van der Waals surface area contributed by atoms with E-state index in [2.05, 4.69) is 40.2 Å². The predicted octanol–water partition coefficient (Wildman–Crippen LogP) is 4.84. The molecule has 0 bridgehead atoms. The number of fused-ring (bicyclic) bond motifs is 1. The number of alkyl halides is 1. The number of aryl methyl sites for hydroxylation is 1. The topological polar surface area (TPSA) is 43.1 Å². The second-order valence-corrected chi connectivity index (χ2v) is 6.52. The second-order valence-electron chi connectivity index (χ2n) is 5.53. The van der Waals surface area contributed by atoms with E-state index in [1.54, 1.807) is 18.2 Å². The summed E-state index contributed by atoms with van der Waals surface area (Å²) in [5.74, 6) is 0.474. The Bertz CT molecular complexity index is 671. The van der Waals surface area contributed by atoms with Crippen LogP contribution >= 0.6 is 15.9 Å². The first-order valence-corrected chi connectivity index (χ1v) is 8.02. The lowest BCUT2D eigenvalue weighted by Crippen LogP contribution is -2.18. The Kier molecular flexibility index (Phi) is 4.06. The van der Waals surface area contributed by atoms with Crippen molar-refractivity contribution in [2.75, 3.05) is 0 Å². The molecule has 0 amide bonds. The van der Waals surface area contributed by atoms with Gasteiger partial charge >= 0.3 is 0 Å². The number of nitro benzene ring substituents is 1. The number of benzene rings is 2. The highest BCUT2D eigenvalue weighted by Gasteiger charge is 2.27. The summed E-state index contributed by atoms with van der Waals surface area (Å²) >= 11 is 3.82. The minimum atomic E-state index is -0.328. The van der Waals surface area contributed by atoms with E-state index in [9.17, 15) is 10.1 Å². The van der Waals surface area contributed by atoms with Gasteiger partial charge in [0.1, 0.15) is 0 Å². The Morgan fingerprint density at radius 1 is 1.19 bits per heavy atom. The molecule has 21 heavy (non-hydrogen) atoms. The Morgan fingerprint density at radius 3 is 2.81 bits per heavy atom. The molecule has 2 aromatic rings. The molecule has 0 aliphatic heterocycles. The average Bonchev–Trinajstić information content (AvgIpc) is 2.51. The molecule has 0 aromatic heterocycles. The number of rotatable bonds is 3. The van der Waals surface area contributed by atoms with E-state index in [0.29, 0.717) is 10.7 Å². The van der Waals surface area contributed by atoms with E-state index in [1.165, 1.54) is 11.1 Å². The molecule has 0 radical (unpaired) electrons. The van der Waals surface area contributed by atoms with Crippen molar-refractivity contribution in [3.63, 3.8) is 0 Å². The number of non-ortho nitro benzene ring substituents is 1. The zero-order chi connectivity index (χ0) is 14.8. The molecule has 3 rings (SSSR count). The van der Waals surface area contributed by atoms with Gasteiger partial charge in [-0.25, -0.2) is 0 Å². The van der Waals surface area contributed by atoms with Crippen LogP contribution in [0.15, 0.2) is 48.5 Å². The zero-order valence-corrected chi connectivity index (χ0v) is 13.1. The summed E-state index contributed by atoms with van der Waals surface area (Å²) in [5.41, 5.74) is 3.99. The summed E-state index contributed by atoms with van der Waals surface area (Å²) in [7, 11) is 0. The average molecular weight is 346 g/mol. The van der Waals surface area contributed by atoms with E-state index < -0.39 is 0 Å². The van der Waals surface area contributed by atoms with Crippen molar-refractivity contribution in [3.05, 3.63) is 75.3 Å². The van der Waals surface area contributed by atoms with Crippen LogP contribution in [0.5, 0.6) is 0 Å². The van der Waals surface area contributed by atoms with Crippen LogP contribution in [0.3, 0.4) is 0 Å². The van der Waals surface area contributed by atoms with Crippen molar-refractivity contribution in [2.45, 2.75) is 24.1 Å². The van der Waals surface area contributed by atoms with E-state index in [1.807, 2.05) is 6.07 Å². The first-order chi connectivity index (χ1) is 10.1. The van der Waals surface area contributed by atoms with Crippen molar-refractivity contribution in [1.82, 2.24) is 0 Å². The van der Waals surface area contributed by atoms with Gasteiger partial charge in [0, 0.05) is 17.0 Å². The van der Waals surface area contributed by atoms with Gasteiger partial charge in [0.05, 0.1) is 4.92 Å². The van der Waals surface area contributed by atoms with Crippen LogP contribution in [-0.2, 0) is 12.8 Å². The van der Waals surface area contributed by atoms with Gasteiger partial charge in [0.2, 0.25) is 0 Å². The Morgan fingerprint density at radius 2 is 2.00 bits per heavy atom. The third kappa shape index (κ3) is 3.00. The molecule has 0 N–H and O–H groups in total. The van der Waals surface area contributed by atoms with E-state index in [-0.39, 0.29) is 10.6 Å². The van der Waals surface area contributed by atoms with Gasteiger partial charge < -0.3 is 0 Å². The molecule has 3 nitrogen and oxygen atoms in total. The van der Waals surface area contributed by atoms with Crippen LogP contribution in [0.1, 0.15) is 27.9 Å². The molecule has 1 aliphatic rings. The predicted molar refractivity (Wildman–Crippen MR) is 86.7 cm³/mol. The summed E-state index contributed by atoms with van der Waals surface area (Å²) in [6.45, 7) is 0. The summed E-state index contributed by atoms with van der Waals surface area (Å²) in [6, 6.07) is 15.5. The van der Waals surface area contributed by atoms with Crippen LogP contribution < -0.4 is 0 Å². The molecular weight excluding hydrogens is 330 g/mol. The molecule has 4 heteroatoms. The zero-order valence-electron chi connectivity index (χ0n) is 11.5. The Hall–Kier alpha value is -1.68. The Labute approximate surface area is 132 Å². The summed E-state index contributed by atoms with van der Waals surface area (Å²) in [5, 5.41) is 10.9. The van der Waals surface area contributed by atoms with Gasteiger partial charge in [-0.3, -0.25) is 10.1 Å². The summed E-state index contributed by atoms with van der Waals surface area (Å²) in [4.78, 5) is 10.9. The van der Waals surface area contributed by atoms with Gasteiger partial charge in [-0.05, 0) is 41.9 Å². The maximum absolute atomic E-state index is 10.9. The van der Waals surface area contributed by atoms with Gasteiger partial charge in [0.25, 0.3) is 5.69 Å². The third-order valence-electron chi connectivity index (χ3n) is 4.17. The second kappa shape index (κ2) is 5.98. The quantitative estimate of drug-likeness (QED) is 0.454. The minimum Gasteiger partial charge on any atom is -0.258 e.